The monoisotopic (exact) mass is 139 g/mol. The third-order valence-electron chi connectivity index (χ3n) is 1.16. The van der Waals surface area contributed by atoms with Crippen LogP contribution in [-0.2, 0) is 0 Å². The summed E-state index contributed by atoms with van der Waals surface area (Å²) in [7, 11) is 1.96. The van der Waals surface area contributed by atoms with Crippen LogP contribution in [0.25, 0.3) is 0 Å². The molecule has 0 saturated carbocycles. The molecule has 0 aliphatic carbocycles. The van der Waals surface area contributed by atoms with Gasteiger partial charge in [-0.3, -0.25) is 0 Å². The predicted octanol–water partition coefficient (Wildman–Crippen LogP) is 2.12. The van der Waals surface area contributed by atoms with E-state index in [2.05, 4.69) is 38.2 Å². The molecule has 0 spiro atoms. The van der Waals surface area contributed by atoms with E-state index in [1.54, 1.807) is 0 Å². The van der Waals surface area contributed by atoms with Gasteiger partial charge in [0.2, 0.25) is 0 Å². The van der Waals surface area contributed by atoms with E-state index in [-0.39, 0.29) is 0 Å². The lowest BCUT2D eigenvalue weighted by Crippen LogP contribution is -2.08. The van der Waals surface area contributed by atoms with E-state index < -0.39 is 0 Å². The lowest BCUT2D eigenvalue weighted by atomic mass is 10.2. The van der Waals surface area contributed by atoms with Crippen LogP contribution in [-0.4, -0.2) is 13.6 Å². The second kappa shape index (κ2) is 5.24. The zero-order chi connectivity index (χ0) is 7.98. The van der Waals surface area contributed by atoms with Crippen LogP contribution in [0.2, 0.25) is 0 Å². The molecule has 58 valence electrons. The Labute approximate surface area is 63.8 Å². The molecule has 0 aromatic heterocycles. The molecule has 0 atom stereocenters. The molecule has 0 radical (unpaired) electrons. The van der Waals surface area contributed by atoms with Crippen LogP contribution in [0.5, 0.6) is 0 Å². The number of nitrogens with one attached hydrogen (secondary N) is 1. The van der Waals surface area contributed by atoms with Crippen molar-refractivity contribution < 1.29 is 0 Å². The first-order chi connectivity index (χ1) is 4.66. The average Bonchev–Trinajstić information content (AvgIpc) is 1.85. The van der Waals surface area contributed by atoms with E-state index in [1.165, 1.54) is 11.1 Å². The highest BCUT2D eigenvalue weighted by atomic mass is 14.8. The largest absolute Gasteiger partial charge is 0.316 e. The second-order valence-electron chi connectivity index (χ2n) is 2.79. The van der Waals surface area contributed by atoms with Crippen LogP contribution in [0.3, 0.4) is 0 Å². The summed E-state index contributed by atoms with van der Waals surface area (Å²) in [5.74, 6) is 0. The number of allylic oxidation sites excluding steroid dienone is 3. The highest BCUT2D eigenvalue weighted by Gasteiger charge is 1.81. The van der Waals surface area contributed by atoms with Crippen LogP contribution >= 0.6 is 0 Å². The van der Waals surface area contributed by atoms with Gasteiger partial charge in [0.1, 0.15) is 0 Å². The molecule has 1 N–H and O–H groups in total. The van der Waals surface area contributed by atoms with Gasteiger partial charge in [0.15, 0.2) is 0 Å². The lowest BCUT2D eigenvalue weighted by Gasteiger charge is -1.95. The lowest BCUT2D eigenvalue weighted by molar-refractivity contribution is 0.880. The minimum absolute atomic E-state index is 0.976. The third kappa shape index (κ3) is 5.57. The van der Waals surface area contributed by atoms with Gasteiger partial charge in [0.25, 0.3) is 0 Å². The van der Waals surface area contributed by atoms with Crippen molar-refractivity contribution in [1.29, 1.82) is 0 Å². The fraction of sp³-hybridized carbons (Fsp3) is 0.556. The van der Waals surface area contributed by atoms with Crippen molar-refractivity contribution >= 4 is 0 Å². The normalized spacial score (nSPS) is 11.4. The summed E-state index contributed by atoms with van der Waals surface area (Å²) in [6, 6.07) is 0. The Morgan fingerprint density at radius 1 is 1.20 bits per heavy atom. The van der Waals surface area contributed by atoms with Crippen LogP contribution < -0.4 is 5.32 Å². The van der Waals surface area contributed by atoms with Crippen LogP contribution in [0, 0.1) is 0 Å². The molecule has 10 heavy (non-hydrogen) atoms. The molecule has 0 amide bonds. The summed E-state index contributed by atoms with van der Waals surface area (Å²) in [6.45, 7) is 7.30. The van der Waals surface area contributed by atoms with Crippen molar-refractivity contribution in [2.75, 3.05) is 13.6 Å². The fourth-order valence-electron chi connectivity index (χ4n) is 0.647. The van der Waals surface area contributed by atoms with Gasteiger partial charge in [-0.05, 0) is 27.8 Å². The molecule has 0 rings (SSSR count). The summed E-state index contributed by atoms with van der Waals surface area (Å²) in [5.41, 5.74) is 2.71. The maximum Gasteiger partial charge on any atom is 0.0161 e. The van der Waals surface area contributed by atoms with E-state index in [1.807, 2.05) is 7.05 Å². The van der Waals surface area contributed by atoms with Crippen LogP contribution in [0.15, 0.2) is 23.3 Å². The summed E-state index contributed by atoms with van der Waals surface area (Å²) in [6.07, 6.45) is 4.28. The van der Waals surface area contributed by atoms with Gasteiger partial charge in [-0.15, -0.1) is 0 Å². The standard InChI is InChI=1S/C9H17N/c1-8(2)5-6-9(3)7-10-4/h5-6,10H,7H2,1-4H3. The molecular weight excluding hydrogens is 122 g/mol. The summed E-state index contributed by atoms with van der Waals surface area (Å²) < 4.78 is 0. The van der Waals surface area contributed by atoms with Crippen LogP contribution in [0.4, 0.5) is 0 Å². The quantitative estimate of drug-likeness (QED) is 0.590. The van der Waals surface area contributed by atoms with Gasteiger partial charge in [-0.25, -0.2) is 0 Å². The molecule has 0 aromatic carbocycles. The van der Waals surface area contributed by atoms with Gasteiger partial charge >= 0.3 is 0 Å². The Morgan fingerprint density at radius 3 is 2.20 bits per heavy atom. The van der Waals surface area contributed by atoms with E-state index in [0.29, 0.717) is 0 Å². The number of likely N-dealkylation sites (N-methyl/N-ethyl adjacent to an activating group) is 1. The Morgan fingerprint density at radius 2 is 1.80 bits per heavy atom. The van der Waals surface area contributed by atoms with Crippen molar-refractivity contribution in [2.24, 2.45) is 0 Å². The highest BCUT2D eigenvalue weighted by molar-refractivity contribution is 5.14. The zero-order valence-electron chi connectivity index (χ0n) is 7.36. The predicted molar refractivity (Wildman–Crippen MR) is 47.1 cm³/mol. The maximum absolute atomic E-state index is 3.09. The number of rotatable bonds is 3. The Kier molecular flexibility index (Phi) is 4.95. The summed E-state index contributed by atoms with van der Waals surface area (Å²) >= 11 is 0. The second-order valence-corrected chi connectivity index (χ2v) is 2.79. The first kappa shape index (κ1) is 9.44. The Balaban J connectivity index is 3.79. The SMILES string of the molecule is CNCC(C)=CC=C(C)C. The molecule has 1 heteroatoms. The van der Waals surface area contributed by atoms with Crippen molar-refractivity contribution in [2.45, 2.75) is 20.8 Å². The third-order valence-corrected chi connectivity index (χ3v) is 1.16. The maximum atomic E-state index is 3.09. The number of hydrogen-bond acceptors (Lipinski definition) is 1. The number of hydrogen-bond donors (Lipinski definition) is 1. The molecule has 0 bridgehead atoms. The van der Waals surface area contributed by atoms with Crippen molar-refractivity contribution in [3.05, 3.63) is 23.3 Å². The van der Waals surface area contributed by atoms with E-state index in [0.717, 1.165) is 6.54 Å². The van der Waals surface area contributed by atoms with Gasteiger partial charge in [0.05, 0.1) is 0 Å². The topological polar surface area (TPSA) is 12.0 Å². The fourth-order valence-corrected chi connectivity index (χ4v) is 0.647. The molecule has 0 unspecified atom stereocenters. The first-order valence-electron chi connectivity index (χ1n) is 3.62. The smallest absolute Gasteiger partial charge is 0.0161 e. The molecule has 0 aliphatic rings. The van der Waals surface area contributed by atoms with Gasteiger partial charge in [-0.2, -0.15) is 0 Å². The van der Waals surface area contributed by atoms with Crippen molar-refractivity contribution in [1.82, 2.24) is 5.32 Å². The van der Waals surface area contributed by atoms with E-state index in [9.17, 15) is 0 Å². The van der Waals surface area contributed by atoms with Gasteiger partial charge in [-0.1, -0.05) is 23.3 Å². The zero-order valence-corrected chi connectivity index (χ0v) is 7.36. The van der Waals surface area contributed by atoms with E-state index >= 15 is 0 Å². The van der Waals surface area contributed by atoms with Crippen molar-refractivity contribution in [3.8, 4) is 0 Å². The molecule has 0 aliphatic heterocycles. The summed E-state index contributed by atoms with van der Waals surface area (Å²) in [5, 5.41) is 3.09. The molecule has 1 nitrogen and oxygen atoms in total. The Bertz CT molecular complexity index is 139. The molecular formula is C9H17N. The minimum Gasteiger partial charge on any atom is -0.316 e. The van der Waals surface area contributed by atoms with Crippen molar-refractivity contribution in [3.63, 3.8) is 0 Å². The van der Waals surface area contributed by atoms with Crippen LogP contribution in [0.1, 0.15) is 20.8 Å². The Hall–Kier alpha value is -0.560. The minimum atomic E-state index is 0.976. The summed E-state index contributed by atoms with van der Waals surface area (Å²) in [4.78, 5) is 0. The van der Waals surface area contributed by atoms with Gasteiger partial charge in [0, 0.05) is 6.54 Å². The molecule has 0 saturated heterocycles. The molecule has 0 fully saturated rings. The van der Waals surface area contributed by atoms with E-state index in [4.69, 9.17) is 0 Å². The van der Waals surface area contributed by atoms with Gasteiger partial charge < -0.3 is 5.32 Å². The molecule has 0 heterocycles. The first-order valence-corrected chi connectivity index (χ1v) is 3.62. The molecule has 0 aromatic rings. The average molecular weight is 139 g/mol. The highest BCUT2D eigenvalue weighted by Crippen LogP contribution is 1.94.